The molecule has 0 aliphatic carbocycles. The quantitative estimate of drug-likeness (QED) is 0.860. The summed E-state index contributed by atoms with van der Waals surface area (Å²) in [6, 6.07) is 6.34. The number of amides is 1. The largest absolute Gasteiger partial charge is 0.288 e. The Morgan fingerprint density at radius 2 is 1.95 bits per heavy atom. The van der Waals surface area contributed by atoms with Gasteiger partial charge in [0.2, 0.25) is 5.91 Å². The molecule has 0 saturated carbocycles. The Morgan fingerprint density at radius 1 is 1.21 bits per heavy atom. The summed E-state index contributed by atoms with van der Waals surface area (Å²) in [6.45, 7) is 6.18. The van der Waals surface area contributed by atoms with E-state index in [1.807, 2.05) is 5.01 Å². The van der Waals surface area contributed by atoms with Crippen molar-refractivity contribution in [1.29, 1.82) is 0 Å². The second-order valence-corrected chi connectivity index (χ2v) is 6.17. The molecule has 0 unspecified atom stereocenters. The number of piperidine rings is 1. The molecule has 0 atom stereocenters. The summed E-state index contributed by atoms with van der Waals surface area (Å²) in [5, 5.41) is 2.05. The summed E-state index contributed by atoms with van der Waals surface area (Å²) < 4.78 is 0. The van der Waals surface area contributed by atoms with Gasteiger partial charge in [-0.25, -0.2) is 5.01 Å². The maximum Gasteiger partial charge on any atom is 0.244 e. The van der Waals surface area contributed by atoms with Gasteiger partial charge in [0.05, 0.1) is 5.75 Å². The van der Waals surface area contributed by atoms with E-state index >= 15 is 0 Å². The van der Waals surface area contributed by atoms with Gasteiger partial charge in [-0.1, -0.05) is 12.5 Å². The van der Waals surface area contributed by atoms with Crippen molar-refractivity contribution in [2.24, 2.45) is 0 Å². The number of benzene rings is 1. The Hall–Kier alpha value is -1.00. The number of hydrogen-bond donors (Lipinski definition) is 1. The third-order valence-corrected chi connectivity index (χ3v) is 4.48. The van der Waals surface area contributed by atoms with Crippen LogP contribution < -0.4 is 5.43 Å². The number of carbonyl (C=O) groups excluding carboxylic acids is 1. The van der Waals surface area contributed by atoms with Crippen molar-refractivity contribution in [3.05, 3.63) is 29.3 Å². The van der Waals surface area contributed by atoms with Crippen LogP contribution in [-0.4, -0.2) is 29.8 Å². The second kappa shape index (κ2) is 6.96. The number of nitrogens with one attached hydrogen (secondary N) is 1. The highest BCUT2D eigenvalue weighted by Gasteiger charge is 2.12. The van der Waals surface area contributed by atoms with Crippen LogP contribution >= 0.6 is 11.8 Å². The highest BCUT2D eigenvalue weighted by Crippen LogP contribution is 2.20. The van der Waals surface area contributed by atoms with E-state index in [1.165, 1.54) is 30.4 Å². The lowest BCUT2D eigenvalue weighted by Gasteiger charge is -2.26. The zero-order valence-corrected chi connectivity index (χ0v) is 12.6. The van der Waals surface area contributed by atoms with E-state index in [0.29, 0.717) is 5.75 Å². The molecule has 1 amide bonds. The molecule has 1 saturated heterocycles. The number of hydrogen-bond acceptors (Lipinski definition) is 3. The molecule has 0 bridgehead atoms. The molecular weight excluding hydrogens is 256 g/mol. The third kappa shape index (κ3) is 4.55. The van der Waals surface area contributed by atoms with Crippen LogP contribution in [0.25, 0.3) is 0 Å². The van der Waals surface area contributed by atoms with Gasteiger partial charge in [0.1, 0.15) is 0 Å². The van der Waals surface area contributed by atoms with Crippen molar-refractivity contribution in [3.63, 3.8) is 0 Å². The molecule has 2 rings (SSSR count). The van der Waals surface area contributed by atoms with Gasteiger partial charge in [-0.3, -0.25) is 10.2 Å². The first-order chi connectivity index (χ1) is 9.15. The van der Waals surface area contributed by atoms with Crippen LogP contribution in [0.5, 0.6) is 0 Å². The predicted molar refractivity (Wildman–Crippen MR) is 80.2 cm³/mol. The van der Waals surface area contributed by atoms with Crippen LogP contribution in [-0.2, 0) is 4.79 Å². The average Bonchev–Trinajstić information content (AvgIpc) is 2.41. The van der Waals surface area contributed by atoms with E-state index < -0.39 is 0 Å². The van der Waals surface area contributed by atoms with Crippen LogP contribution in [0.3, 0.4) is 0 Å². The van der Waals surface area contributed by atoms with E-state index in [1.54, 1.807) is 11.8 Å². The highest BCUT2D eigenvalue weighted by atomic mass is 32.2. The minimum absolute atomic E-state index is 0.102. The SMILES string of the molecule is Cc1ccc(SCC(=O)NN2CCCCC2)cc1C. The van der Waals surface area contributed by atoms with Crippen molar-refractivity contribution in [3.8, 4) is 0 Å². The molecule has 4 heteroatoms. The predicted octanol–water partition coefficient (Wildman–Crippen LogP) is 2.91. The smallest absolute Gasteiger partial charge is 0.244 e. The van der Waals surface area contributed by atoms with Gasteiger partial charge in [0.25, 0.3) is 0 Å². The van der Waals surface area contributed by atoms with Crippen molar-refractivity contribution in [2.75, 3.05) is 18.8 Å². The molecule has 104 valence electrons. The normalized spacial score (nSPS) is 16.3. The lowest BCUT2D eigenvalue weighted by molar-refractivity contribution is -0.123. The van der Waals surface area contributed by atoms with Crippen LogP contribution in [0, 0.1) is 13.8 Å². The fraction of sp³-hybridized carbons (Fsp3) is 0.533. The second-order valence-electron chi connectivity index (χ2n) is 5.12. The van der Waals surface area contributed by atoms with Gasteiger partial charge in [0, 0.05) is 18.0 Å². The Balaban J connectivity index is 1.77. The number of aryl methyl sites for hydroxylation is 2. The van der Waals surface area contributed by atoms with Gasteiger partial charge < -0.3 is 0 Å². The molecule has 1 N–H and O–H groups in total. The summed E-state index contributed by atoms with van der Waals surface area (Å²) in [5.41, 5.74) is 5.56. The fourth-order valence-corrected chi connectivity index (χ4v) is 2.95. The molecule has 1 fully saturated rings. The molecule has 3 nitrogen and oxygen atoms in total. The number of carbonyl (C=O) groups is 1. The van der Waals surface area contributed by atoms with Crippen molar-refractivity contribution in [2.45, 2.75) is 38.0 Å². The summed E-state index contributed by atoms with van der Waals surface area (Å²) in [7, 11) is 0. The molecule has 0 aromatic heterocycles. The van der Waals surface area contributed by atoms with Crippen LogP contribution in [0.2, 0.25) is 0 Å². The van der Waals surface area contributed by atoms with E-state index in [4.69, 9.17) is 0 Å². The minimum atomic E-state index is 0.102. The maximum atomic E-state index is 11.9. The fourth-order valence-electron chi connectivity index (χ4n) is 2.17. The highest BCUT2D eigenvalue weighted by molar-refractivity contribution is 8.00. The Bertz CT molecular complexity index is 442. The number of hydrazine groups is 1. The molecule has 1 aliphatic heterocycles. The first-order valence-electron chi connectivity index (χ1n) is 6.89. The summed E-state index contributed by atoms with van der Waals surface area (Å²) in [5.74, 6) is 0.587. The van der Waals surface area contributed by atoms with Crippen LogP contribution in [0.4, 0.5) is 0 Å². The van der Waals surface area contributed by atoms with E-state index in [-0.39, 0.29) is 5.91 Å². The van der Waals surface area contributed by atoms with Crippen LogP contribution in [0.1, 0.15) is 30.4 Å². The zero-order valence-electron chi connectivity index (χ0n) is 11.7. The Kier molecular flexibility index (Phi) is 5.28. The van der Waals surface area contributed by atoms with Gasteiger partial charge in [-0.05, 0) is 49.9 Å². The number of nitrogens with zero attached hydrogens (tertiary/aromatic N) is 1. The minimum Gasteiger partial charge on any atom is -0.288 e. The molecule has 0 spiro atoms. The van der Waals surface area contributed by atoms with Gasteiger partial charge in [-0.15, -0.1) is 11.8 Å². The summed E-state index contributed by atoms with van der Waals surface area (Å²) in [6.07, 6.45) is 3.65. The summed E-state index contributed by atoms with van der Waals surface area (Å²) in [4.78, 5) is 13.0. The average molecular weight is 278 g/mol. The molecule has 0 radical (unpaired) electrons. The van der Waals surface area contributed by atoms with Crippen molar-refractivity contribution in [1.82, 2.24) is 10.4 Å². The van der Waals surface area contributed by atoms with Gasteiger partial charge in [-0.2, -0.15) is 0 Å². The van der Waals surface area contributed by atoms with Gasteiger partial charge >= 0.3 is 0 Å². The number of rotatable bonds is 4. The third-order valence-electron chi connectivity index (χ3n) is 3.49. The van der Waals surface area contributed by atoms with Gasteiger partial charge in [0.15, 0.2) is 0 Å². The molecule has 19 heavy (non-hydrogen) atoms. The molecule has 1 aromatic rings. The molecular formula is C15H22N2OS. The van der Waals surface area contributed by atoms with Crippen molar-refractivity contribution < 1.29 is 4.79 Å². The zero-order chi connectivity index (χ0) is 13.7. The molecule has 1 aromatic carbocycles. The van der Waals surface area contributed by atoms with E-state index in [2.05, 4.69) is 37.5 Å². The Morgan fingerprint density at radius 3 is 2.63 bits per heavy atom. The Labute approximate surface area is 119 Å². The maximum absolute atomic E-state index is 11.9. The molecule has 1 aliphatic rings. The lowest BCUT2D eigenvalue weighted by atomic mass is 10.1. The monoisotopic (exact) mass is 278 g/mol. The van der Waals surface area contributed by atoms with E-state index in [0.717, 1.165) is 18.0 Å². The molecule has 1 heterocycles. The standard InChI is InChI=1S/C15H22N2OS/c1-12-6-7-14(10-13(12)2)19-11-15(18)16-17-8-4-3-5-9-17/h6-7,10H,3-5,8-9,11H2,1-2H3,(H,16,18). The first kappa shape index (κ1) is 14.4. The lowest BCUT2D eigenvalue weighted by Crippen LogP contribution is -2.45. The van der Waals surface area contributed by atoms with E-state index in [9.17, 15) is 4.79 Å². The summed E-state index contributed by atoms with van der Waals surface area (Å²) >= 11 is 1.60. The number of thioether (sulfide) groups is 1. The first-order valence-corrected chi connectivity index (χ1v) is 7.88. The van der Waals surface area contributed by atoms with Crippen LogP contribution in [0.15, 0.2) is 23.1 Å². The topological polar surface area (TPSA) is 32.3 Å². The van der Waals surface area contributed by atoms with Crippen molar-refractivity contribution >= 4 is 17.7 Å².